The van der Waals surface area contributed by atoms with Gasteiger partial charge in [-0.05, 0) is 24.6 Å². The predicted molar refractivity (Wildman–Crippen MR) is 74.3 cm³/mol. The van der Waals surface area contributed by atoms with E-state index in [2.05, 4.69) is 0 Å². The molecule has 116 valence electrons. The van der Waals surface area contributed by atoms with Crippen LogP contribution in [0.25, 0.3) is 0 Å². The van der Waals surface area contributed by atoms with Crippen molar-refractivity contribution in [1.29, 1.82) is 0 Å². The molecule has 3 aliphatic heterocycles. The second-order valence-electron chi connectivity index (χ2n) is 6.45. The Morgan fingerprint density at radius 2 is 1.62 bits per heavy atom. The Hall–Kier alpha value is -1.18. The van der Waals surface area contributed by atoms with Crippen LogP contribution in [0.5, 0.6) is 5.75 Å². The van der Waals surface area contributed by atoms with Gasteiger partial charge in [0.1, 0.15) is 17.4 Å². The van der Waals surface area contributed by atoms with E-state index in [4.69, 9.17) is 19.9 Å². The summed E-state index contributed by atoms with van der Waals surface area (Å²) < 4.78 is 17.0. The molecule has 0 saturated carbocycles. The molecule has 1 aromatic rings. The third kappa shape index (κ3) is 2.33. The summed E-state index contributed by atoms with van der Waals surface area (Å²) in [5.74, 6) is -1.31. The molecule has 2 atom stereocenters. The number of hydrogen-bond donors (Lipinski definition) is 3. The molecule has 4 rings (SSSR count). The van der Waals surface area contributed by atoms with Crippen LogP contribution in [0.1, 0.15) is 19.4 Å². The van der Waals surface area contributed by atoms with Crippen LogP contribution in [0.2, 0.25) is 0 Å². The van der Waals surface area contributed by atoms with Gasteiger partial charge < -0.3 is 30.2 Å². The summed E-state index contributed by atoms with van der Waals surface area (Å²) in [6.07, 6.45) is 0. The molecule has 3 aliphatic rings. The van der Waals surface area contributed by atoms with E-state index in [1.807, 2.05) is 6.92 Å². The van der Waals surface area contributed by atoms with Gasteiger partial charge in [-0.2, -0.15) is 0 Å². The molecule has 21 heavy (non-hydrogen) atoms. The van der Waals surface area contributed by atoms with Crippen LogP contribution in [0, 0.1) is 5.41 Å². The first kappa shape index (κ1) is 14.7. The molecule has 0 spiro atoms. The van der Waals surface area contributed by atoms with Crippen LogP contribution in [0.15, 0.2) is 24.3 Å². The minimum Gasteiger partial charge on any atom is -0.508 e. The Bertz CT molecular complexity index is 503. The van der Waals surface area contributed by atoms with Gasteiger partial charge >= 0.3 is 5.97 Å². The lowest BCUT2D eigenvalue weighted by molar-refractivity contribution is -0.480. The van der Waals surface area contributed by atoms with Crippen molar-refractivity contribution in [2.75, 3.05) is 19.8 Å². The highest BCUT2D eigenvalue weighted by atomic mass is 16.9. The number of hydrogen-bond acceptors (Lipinski definition) is 6. The molecule has 1 unspecified atom stereocenters. The largest absolute Gasteiger partial charge is 0.508 e. The van der Waals surface area contributed by atoms with E-state index >= 15 is 0 Å². The van der Waals surface area contributed by atoms with Crippen molar-refractivity contribution in [3.05, 3.63) is 29.8 Å². The zero-order valence-electron chi connectivity index (χ0n) is 12.2. The summed E-state index contributed by atoms with van der Waals surface area (Å²) in [6.45, 7) is 5.03. The summed E-state index contributed by atoms with van der Waals surface area (Å²) >= 11 is 0. The first-order valence-corrected chi connectivity index (χ1v) is 6.97. The Kier molecular flexibility index (Phi) is 3.27. The Morgan fingerprint density at radius 1 is 1.14 bits per heavy atom. The smallest absolute Gasteiger partial charge is 0.302 e. The molecular weight excluding hydrogens is 274 g/mol. The molecule has 3 saturated heterocycles. The van der Waals surface area contributed by atoms with Crippen molar-refractivity contribution in [2.45, 2.75) is 31.5 Å². The van der Waals surface area contributed by atoms with Crippen LogP contribution in [0.3, 0.4) is 0 Å². The molecular formula is C15H21NO5. The van der Waals surface area contributed by atoms with Gasteiger partial charge in [0.05, 0.1) is 19.8 Å². The molecule has 0 radical (unpaired) electrons. The van der Waals surface area contributed by atoms with Gasteiger partial charge in [0.15, 0.2) is 0 Å². The van der Waals surface area contributed by atoms with Gasteiger partial charge in [0.25, 0.3) is 0 Å². The van der Waals surface area contributed by atoms with Crippen LogP contribution < -0.4 is 5.73 Å². The number of aromatic hydroxyl groups is 1. The lowest BCUT2D eigenvalue weighted by Crippen LogP contribution is -2.70. The number of rotatable bonds is 3. The highest BCUT2D eigenvalue weighted by molar-refractivity contribution is 5.31. The Morgan fingerprint density at radius 3 is 2.10 bits per heavy atom. The standard InChI is InChI=1S/C15H21NO5/c1-13-7-19-15(20-8-13,21-9-13)12(16)14(2,18)10-3-5-11(17)6-4-10/h3-6,12,17-18H,7-9,16H2,1-2H3/t12-,13?,14?,15?/m0/s1. The molecule has 2 bridgehead atoms. The fourth-order valence-electron chi connectivity index (χ4n) is 2.67. The van der Waals surface area contributed by atoms with Crippen molar-refractivity contribution in [3.8, 4) is 5.75 Å². The minimum atomic E-state index is -1.43. The zero-order chi connectivity index (χ0) is 15.3. The highest BCUT2D eigenvalue weighted by Crippen LogP contribution is 2.43. The van der Waals surface area contributed by atoms with Gasteiger partial charge in [-0.25, -0.2) is 0 Å². The fraction of sp³-hybridized carbons (Fsp3) is 0.600. The Balaban J connectivity index is 1.87. The minimum absolute atomic E-state index is 0.121. The highest BCUT2D eigenvalue weighted by Gasteiger charge is 2.58. The summed E-state index contributed by atoms with van der Waals surface area (Å²) in [5, 5.41) is 20.2. The molecule has 3 heterocycles. The van der Waals surface area contributed by atoms with Crippen LogP contribution in [-0.2, 0) is 19.8 Å². The van der Waals surface area contributed by atoms with Gasteiger partial charge in [-0.1, -0.05) is 19.1 Å². The number of phenolic OH excluding ortho intramolecular Hbond substituents is 1. The molecule has 1 aromatic carbocycles. The maximum atomic E-state index is 10.8. The van der Waals surface area contributed by atoms with E-state index in [1.54, 1.807) is 19.1 Å². The van der Waals surface area contributed by atoms with Crippen LogP contribution in [-0.4, -0.2) is 42.0 Å². The molecule has 3 fully saturated rings. The molecule has 6 nitrogen and oxygen atoms in total. The molecule has 0 aromatic heterocycles. The maximum Gasteiger partial charge on any atom is 0.302 e. The first-order chi connectivity index (χ1) is 9.78. The van der Waals surface area contributed by atoms with E-state index in [0.717, 1.165) is 0 Å². The average molecular weight is 295 g/mol. The summed E-state index contributed by atoms with van der Waals surface area (Å²) in [5.41, 5.74) is 5.18. The van der Waals surface area contributed by atoms with Crippen molar-refractivity contribution >= 4 is 0 Å². The van der Waals surface area contributed by atoms with Crippen molar-refractivity contribution in [2.24, 2.45) is 11.1 Å². The monoisotopic (exact) mass is 295 g/mol. The third-order valence-corrected chi connectivity index (χ3v) is 4.30. The van der Waals surface area contributed by atoms with E-state index in [9.17, 15) is 10.2 Å². The van der Waals surface area contributed by atoms with Gasteiger partial charge in [0, 0.05) is 5.41 Å². The SMILES string of the molecule is CC12COC([C@@H](N)C(C)(O)c3ccc(O)cc3)(OC1)OC2. The number of nitrogens with two attached hydrogens (primary N) is 1. The summed E-state index contributed by atoms with van der Waals surface area (Å²) in [7, 11) is 0. The normalized spacial score (nSPS) is 36.2. The van der Waals surface area contributed by atoms with Crippen LogP contribution >= 0.6 is 0 Å². The average Bonchev–Trinajstić information content (AvgIpc) is 2.48. The van der Waals surface area contributed by atoms with Gasteiger partial charge in [-0.15, -0.1) is 0 Å². The van der Waals surface area contributed by atoms with E-state index < -0.39 is 17.6 Å². The zero-order valence-corrected chi connectivity index (χ0v) is 12.2. The van der Waals surface area contributed by atoms with Gasteiger partial charge in [0.2, 0.25) is 0 Å². The van der Waals surface area contributed by atoms with Gasteiger partial charge in [-0.3, -0.25) is 0 Å². The second kappa shape index (κ2) is 4.66. The molecule has 0 aliphatic carbocycles. The fourth-order valence-corrected chi connectivity index (χ4v) is 2.67. The topological polar surface area (TPSA) is 94.2 Å². The Labute approximate surface area is 123 Å². The first-order valence-electron chi connectivity index (χ1n) is 6.97. The van der Waals surface area contributed by atoms with Crippen LogP contribution in [0.4, 0.5) is 0 Å². The number of phenols is 1. The quantitative estimate of drug-likeness (QED) is 0.758. The summed E-state index contributed by atoms with van der Waals surface area (Å²) in [4.78, 5) is 0. The number of aliphatic hydroxyl groups is 1. The molecule has 4 N–H and O–H groups in total. The van der Waals surface area contributed by atoms with Crippen molar-refractivity contribution in [3.63, 3.8) is 0 Å². The molecule has 0 amide bonds. The lowest BCUT2D eigenvalue weighted by atomic mass is 9.84. The second-order valence-corrected chi connectivity index (χ2v) is 6.45. The van der Waals surface area contributed by atoms with E-state index in [-0.39, 0.29) is 11.2 Å². The maximum absolute atomic E-state index is 10.8. The molecule has 6 heteroatoms. The number of benzene rings is 1. The number of fused-ring (bicyclic) bond motifs is 3. The van der Waals surface area contributed by atoms with E-state index in [1.165, 1.54) is 12.1 Å². The lowest BCUT2D eigenvalue weighted by Gasteiger charge is -2.54. The van der Waals surface area contributed by atoms with E-state index in [0.29, 0.717) is 25.4 Å². The third-order valence-electron chi connectivity index (χ3n) is 4.30. The predicted octanol–water partition coefficient (Wildman–Crippen LogP) is 0.664. The number of ether oxygens (including phenoxy) is 3. The summed E-state index contributed by atoms with van der Waals surface area (Å²) in [6, 6.07) is 5.29. The van der Waals surface area contributed by atoms with Crippen molar-refractivity contribution in [1.82, 2.24) is 0 Å². The van der Waals surface area contributed by atoms with Crippen molar-refractivity contribution < 1.29 is 24.4 Å².